The Morgan fingerprint density at radius 2 is 2.21 bits per heavy atom. The summed E-state index contributed by atoms with van der Waals surface area (Å²) in [5, 5.41) is 0. The number of fused-ring (bicyclic) bond motifs is 1. The fourth-order valence-electron chi connectivity index (χ4n) is 3.09. The topological polar surface area (TPSA) is 38.8 Å². The summed E-state index contributed by atoms with van der Waals surface area (Å²) in [4.78, 5) is 11.8. The van der Waals surface area contributed by atoms with Crippen LogP contribution in [0.25, 0.3) is 0 Å². The number of ether oxygens (including phenoxy) is 2. The molecule has 78 valence electrons. The van der Waals surface area contributed by atoms with Gasteiger partial charge in [0.05, 0.1) is 24.7 Å². The van der Waals surface area contributed by atoms with E-state index in [1.807, 2.05) is 0 Å². The van der Waals surface area contributed by atoms with E-state index in [4.69, 9.17) is 9.47 Å². The van der Waals surface area contributed by atoms with Gasteiger partial charge >= 0.3 is 5.97 Å². The van der Waals surface area contributed by atoms with Crippen LogP contribution in [0.1, 0.15) is 32.1 Å². The van der Waals surface area contributed by atoms with E-state index in [2.05, 4.69) is 0 Å². The molecule has 2 aliphatic heterocycles. The molecule has 2 heterocycles. The molecule has 0 bridgehead atoms. The van der Waals surface area contributed by atoms with E-state index in [-0.39, 0.29) is 11.4 Å². The minimum Gasteiger partial charge on any atom is -0.465 e. The Kier molecular flexibility index (Phi) is 1.84. The first-order valence-electron chi connectivity index (χ1n) is 5.60. The van der Waals surface area contributed by atoms with Crippen molar-refractivity contribution in [2.24, 2.45) is 11.3 Å². The second kappa shape index (κ2) is 2.96. The number of cyclic esters (lactones) is 1. The fraction of sp³-hybridized carbons (Fsp3) is 0.909. The van der Waals surface area contributed by atoms with Crippen molar-refractivity contribution < 1.29 is 14.3 Å². The third-order valence-corrected chi connectivity index (χ3v) is 4.02. The third kappa shape index (κ3) is 1.18. The van der Waals surface area contributed by atoms with Crippen molar-refractivity contribution in [1.82, 2.24) is 0 Å². The van der Waals surface area contributed by atoms with Crippen LogP contribution in [0.3, 0.4) is 0 Å². The molecule has 3 rings (SSSR count). The summed E-state index contributed by atoms with van der Waals surface area (Å²) in [5.41, 5.74) is -0.153. The van der Waals surface area contributed by atoms with Crippen molar-refractivity contribution >= 4 is 5.97 Å². The summed E-state index contributed by atoms with van der Waals surface area (Å²) < 4.78 is 10.5. The quantitative estimate of drug-likeness (QED) is 0.496. The first-order valence-corrected chi connectivity index (χ1v) is 5.60. The monoisotopic (exact) mass is 196 g/mol. The zero-order valence-electron chi connectivity index (χ0n) is 8.33. The standard InChI is InChI=1S/C11H16O3/c12-10-11(5-9-7-13-9)4-2-1-3-8(11)6-14-10/h8-9H,1-7H2. The van der Waals surface area contributed by atoms with Gasteiger partial charge in [-0.25, -0.2) is 0 Å². The van der Waals surface area contributed by atoms with Crippen molar-refractivity contribution in [1.29, 1.82) is 0 Å². The molecule has 0 aromatic carbocycles. The lowest BCUT2D eigenvalue weighted by Crippen LogP contribution is -2.37. The Balaban J connectivity index is 1.84. The van der Waals surface area contributed by atoms with Gasteiger partial charge in [-0.3, -0.25) is 4.79 Å². The summed E-state index contributed by atoms with van der Waals surface area (Å²) in [6.07, 6.45) is 5.89. The third-order valence-electron chi connectivity index (χ3n) is 4.02. The molecular weight excluding hydrogens is 180 g/mol. The molecule has 0 N–H and O–H groups in total. The molecule has 14 heavy (non-hydrogen) atoms. The highest BCUT2D eigenvalue weighted by molar-refractivity contribution is 5.79. The smallest absolute Gasteiger partial charge is 0.312 e. The van der Waals surface area contributed by atoms with Gasteiger partial charge in [0.25, 0.3) is 0 Å². The molecule has 3 atom stereocenters. The predicted octanol–water partition coefficient (Wildman–Crippen LogP) is 1.51. The average Bonchev–Trinajstić information content (AvgIpc) is 2.94. The zero-order chi connectivity index (χ0) is 9.60. The van der Waals surface area contributed by atoms with Gasteiger partial charge in [-0.15, -0.1) is 0 Å². The van der Waals surface area contributed by atoms with E-state index in [1.54, 1.807) is 0 Å². The van der Waals surface area contributed by atoms with E-state index < -0.39 is 0 Å². The molecule has 0 aromatic heterocycles. The van der Waals surface area contributed by atoms with E-state index in [1.165, 1.54) is 19.3 Å². The van der Waals surface area contributed by atoms with Crippen LogP contribution in [-0.2, 0) is 14.3 Å². The van der Waals surface area contributed by atoms with Crippen molar-refractivity contribution in [2.75, 3.05) is 13.2 Å². The van der Waals surface area contributed by atoms with Crippen molar-refractivity contribution in [3.05, 3.63) is 0 Å². The highest BCUT2D eigenvalue weighted by Crippen LogP contribution is 2.50. The number of hydrogen-bond donors (Lipinski definition) is 0. The Morgan fingerprint density at radius 3 is 3.00 bits per heavy atom. The zero-order valence-corrected chi connectivity index (χ0v) is 8.33. The van der Waals surface area contributed by atoms with E-state index in [0.717, 1.165) is 19.4 Å². The van der Waals surface area contributed by atoms with Crippen molar-refractivity contribution in [2.45, 2.75) is 38.2 Å². The lowest BCUT2D eigenvalue weighted by atomic mass is 9.65. The molecule has 0 aromatic rings. The van der Waals surface area contributed by atoms with Crippen LogP contribution in [0.5, 0.6) is 0 Å². The number of epoxide rings is 1. The molecule has 3 heteroatoms. The lowest BCUT2D eigenvalue weighted by Gasteiger charge is -2.34. The largest absolute Gasteiger partial charge is 0.465 e. The van der Waals surface area contributed by atoms with Crippen LogP contribution in [0.15, 0.2) is 0 Å². The molecule has 1 saturated carbocycles. The minimum atomic E-state index is -0.153. The fourth-order valence-corrected chi connectivity index (χ4v) is 3.09. The molecule has 0 radical (unpaired) electrons. The van der Waals surface area contributed by atoms with Gasteiger partial charge in [0.15, 0.2) is 0 Å². The Bertz CT molecular complexity index is 259. The molecule has 3 unspecified atom stereocenters. The highest BCUT2D eigenvalue weighted by atomic mass is 16.6. The van der Waals surface area contributed by atoms with Gasteiger partial charge in [0.1, 0.15) is 0 Å². The summed E-state index contributed by atoms with van der Waals surface area (Å²) >= 11 is 0. The Labute approximate surface area is 83.8 Å². The number of rotatable bonds is 2. The van der Waals surface area contributed by atoms with Crippen LogP contribution in [0, 0.1) is 11.3 Å². The van der Waals surface area contributed by atoms with E-state index >= 15 is 0 Å². The molecule has 3 aliphatic rings. The maximum absolute atomic E-state index is 11.8. The van der Waals surface area contributed by atoms with Crippen molar-refractivity contribution in [3.63, 3.8) is 0 Å². The maximum atomic E-state index is 11.8. The molecule has 0 amide bonds. The second-order valence-corrected chi connectivity index (χ2v) is 4.86. The first-order chi connectivity index (χ1) is 6.81. The van der Waals surface area contributed by atoms with Gasteiger partial charge in [-0.2, -0.15) is 0 Å². The number of hydrogen-bond acceptors (Lipinski definition) is 3. The Hall–Kier alpha value is -0.570. The van der Waals surface area contributed by atoms with E-state index in [9.17, 15) is 4.79 Å². The van der Waals surface area contributed by atoms with Gasteiger partial charge < -0.3 is 9.47 Å². The van der Waals surface area contributed by atoms with Gasteiger partial charge in [0, 0.05) is 5.92 Å². The van der Waals surface area contributed by atoms with E-state index in [0.29, 0.717) is 18.6 Å². The van der Waals surface area contributed by atoms with Gasteiger partial charge in [-0.1, -0.05) is 12.8 Å². The van der Waals surface area contributed by atoms with Crippen LogP contribution >= 0.6 is 0 Å². The summed E-state index contributed by atoms with van der Waals surface area (Å²) in [5.74, 6) is 0.533. The highest BCUT2D eigenvalue weighted by Gasteiger charge is 2.55. The van der Waals surface area contributed by atoms with Crippen molar-refractivity contribution in [3.8, 4) is 0 Å². The van der Waals surface area contributed by atoms with Crippen LogP contribution in [0.4, 0.5) is 0 Å². The molecule has 2 saturated heterocycles. The molecule has 3 nitrogen and oxygen atoms in total. The molecule has 3 fully saturated rings. The van der Waals surface area contributed by atoms with Crippen LogP contribution in [0.2, 0.25) is 0 Å². The minimum absolute atomic E-state index is 0.0534. The number of carbonyl (C=O) groups is 1. The van der Waals surface area contributed by atoms with Crippen LogP contribution < -0.4 is 0 Å². The van der Waals surface area contributed by atoms with Gasteiger partial charge in [0.2, 0.25) is 0 Å². The average molecular weight is 196 g/mol. The predicted molar refractivity (Wildman–Crippen MR) is 49.7 cm³/mol. The summed E-state index contributed by atoms with van der Waals surface area (Å²) in [6.45, 7) is 1.51. The summed E-state index contributed by atoms with van der Waals surface area (Å²) in [6, 6.07) is 0. The second-order valence-electron chi connectivity index (χ2n) is 4.86. The maximum Gasteiger partial charge on any atom is 0.312 e. The molecular formula is C11H16O3. The van der Waals surface area contributed by atoms with Crippen LogP contribution in [-0.4, -0.2) is 25.3 Å². The first kappa shape index (κ1) is 8.72. The Morgan fingerprint density at radius 1 is 1.36 bits per heavy atom. The lowest BCUT2D eigenvalue weighted by molar-refractivity contribution is -0.148. The number of carbonyl (C=O) groups excluding carboxylic acids is 1. The number of esters is 1. The molecule has 1 aliphatic carbocycles. The summed E-state index contributed by atoms with van der Waals surface area (Å²) in [7, 11) is 0. The van der Waals surface area contributed by atoms with Gasteiger partial charge in [-0.05, 0) is 19.3 Å². The molecule has 0 spiro atoms. The SMILES string of the molecule is O=C1OCC2CCCCC12CC1CO1. The normalized spacial score (nSPS) is 45.9.